The Morgan fingerprint density at radius 3 is 3.06 bits per heavy atom. The van der Waals surface area contributed by atoms with E-state index in [1.165, 1.54) is 6.33 Å². The van der Waals surface area contributed by atoms with Gasteiger partial charge in [-0.05, 0) is 19.8 Å². The quantitative estimate of drug-likeness (QED) is 0.826. The molecule has 1 fully saturated rings. The van der Waals surface area contributed by atoms with E-state index in [1.807, 2.05) is 13.0 Å². The van der Waals surface area contributed by atoms with Crippen LogP contribution in [0.2, 0.25) is 0 Å². The molecule has 1 aliphatic rings. The zero-order valence-electron chi connectivity index (χ0n) is 9.92. The summed E-state index contributed by atoms with van der Waals surface area (Å²) >= 11 is 0. The topological polar surface area (TPSA) is 92.4 Å². The number of carboxylic acids is 1. The Hall–Kier alpha value is -2.18. The van der Waals surface area contributed by atoms with Gasteiger partial charge in [0.2, 0.25) is 0 Å². The van der Waals surface area contributed by atoms with E-state index in [-0.39, 0.29) is 0 Å². The molecular formula is C11H13N5O2. The maximum absolute atomic E-state index is 11.1. The molecule has 0 amide bonds. The smallest absolute Gasteiger partial charge is 0.311 e. The highest BCUT2D eigenvalue weighted by atomic mass is 16.4. The third-order valence-corrected chi connectivity index (χ3v) is 3.30. The van der Waals surface area contributed by atoms with Crippen LogP contribution < -0.4 is 5.32 Å². The number of nitrogens with zero attached hydrogens (tertiary/aromatic N) is 4. The van der Waals surface area contributed by atoms with Gasteiger partial charge in [0, 0.05) is 18.3 Å². The summed E-state index contributed by atoms with van der Waals surface area (Å²) in [7, 11) is 0. The molecule has 94 valence electrons. The van der Waals surface area contributed by atoms with Gasteiger partial charge in [0.25, 0.3) is 5.78 Å². The highest BCUT2D eigenvalue weighted by molar-refractivity contribution is 5.78. The Bertz CT molecular complexity index is 617. The van der Waals surface area contributed by atoms with Crippen LogP contribution in [0.25, 0.3) is 5.78 Å². The normalized spacial score (nSPS) is 16.7. The van der Waals surface area contributed by atoms with Gasteiger partial charge < -0.3 is 10.4 Å². The summed E-state index contributed by atoms with van der Waals surface area (Å²) in [6.45, 7) is 2.27. The summed E-state index contributed by atoms with van der Waals surface area (Å²) in [6.07, 6.45) is 2.87. The second-order valence-corrected chi connectivity index (χ2v) is 4.69. The van der Waals surface area contributed by atoms with Crippen molar-refractivity contribution >= 4 is 17.6 Å². The molecule has 0 atom stereocenters. The molecule has 2 N–H and O–H groups in total. The zero-order valence-corrected chi connectivity index (χ0v) is 9.92. The molecule has 7 nitrogen and oxygen atoms in total. The molecule has 0 radical (unpaired) electrons. The third-order valence-electron chi connectivity index (χ3n) is 3.30. The van der Waals surface area contributed by atoms with Gasteiger partial charge in [-0.25, -0.2) is 4.98 Å². The number of hydrogen-bond acceptors (Lipinski definition) is 5. The van der Waals surface area contributed by atoms with Gasteiger partial charge in [0.1, 0.15) is 12.1 Å². The van der Waals surface area contributed by atoms with Gasteiger partial charge in [-0.3, -0.25) is 4.79 Å². The van der Waals surface area contributed by atoms with E-state index < -0.39 is 11.4 Å². The number of aromatic nitrogens is 4. The molecule has 7 heteroatoms. The van der Waals surface area contributed by atoms with Crippen molar-refractivity contribution in [1.82, 2.24) is 19.6 Å². The lowest BCUT2D eigenvalue weighted by atomic mass is 10.1. The van der Waals surface area contributed by atoms with E-state index >= 15 is 0 Å². The highest BCUT2D eigenvalue weighted by Crippen LogP contribution is 2.45. The summed E-state index contributed by atoms with van der Waals surface area (Å²) in [6, 6.07) is 1.83. The van der Waals surface area contributed by atoms with Crippen LogP contribution in [0.4, 0.5) is 5.82 Å². The number of fused-ring (bicyclic) bond motifs is 1. The summed E-state index contributed by atoms with van der Waals surface area (Å²) in [4.78, 5) is 19.3. The molecule has 1 saturated carbocycles. The molecule has 3 rings (SSSR count). The number of nitrogens with one attached hydrogen (secondary N) is 1. The lowest BCUT2D eigenvalue weighted by molar-refractivity contribution is -0.142. The molecule has 0 unspecified atom stereocenters. The monoisotopic (exact) mass is 247 g/mol. The number of carboxylic acid groups (broad SMARTS) is 1. The predicted molar refractivity (Wildman–Crippen MR) is 63.3 cm³/mol. The van der Waals surface area contributed by atoms with E-state index in [0.29, 0.717) is 12.3 Å². The molecule has 0 aliphatic heterocycles. The van der Waals surface area contributed by atoms with E-state index in [2.05, 4.69) is 20.4 Å². The van der Waals surface area contributed by atoms with Crippen LogP contribution in [-0.2, 0) is 4.79 Å². The molecule has 1 aliphatic carbocycles. The molecule has 0 aromatic carbocycles. The van der Waals surface area contributed by atoms with Crippen molar-refractivity contribution in [2.24, 2.45) is 5.41 Å². The van der Waals surface area contributed by atoms with Crippen molar-refractivity contribution in [1.29, 1.82) is 0 Å². The van der Waals surface area contributed by atoms with Crippen LogP contribution in [0.3, 0.4) is 0 Å². The Labute approximate surface area is 103 Å². The maximum atomic E-state index is 11.1. The van der Waals surface area contributed by atoms with Crippen LogP contribution >= 0.6 is 0 Å². The lowest BCUT2D eigenvalue weighted by Crippen LogP contribution is -2.25. The van der Waals surface area contributed by atoms with E-state index in [4.69, 9.17) is 5.11 Å². The van der Waals surface area contributed by atoms with Crippen LogP contribution in [-0.4, -0.2) is 37.2 Å². The van der Waals surface area contributed by atoms with Crippen molar-refractivity contribution < 1.29 is 9.90 Å². The molecular weight excluding hydrogens is 234 g/mol. The van der Waals surface area contributed by atoms with Crippen molar-refractivity contribution in [3.05, 3.63) is 18.1 Å². The van der Waals surface area contributed by atoms with E-state index in [9.17, 15) is 4.79 Å². The molecule has 0 saturated heterocycles. The summed E-state index contributed by atoms with van der Waals surface area (Å²) < 4.78 is 1.57. The number of rotatable bonds is 4. The number of anilines is 1. The summed E-state index contributed by atoms with van der Waals surface area (Å²) in [5.74, 6) is 0.496. The van der Waals surface area contributed by atoms with Crippen LogP contribution in [0.15, 0.2) is 12.4 Å². The standard InChI is InChI=1S/C11H13N5O2/c1-7-4-8(16-10(15-7)13-6-14-16)12-5-11(2-3-11)9(17)18/h4,6,12H,2-3,5H2,1H3,(H,17,18). The molecule has 2 aromatic rings. The Morgan fingerprint density at radius 2 is 2.39 bits per heavy atom. The van der Waals surface area contributed by atoms with Crippen molar-refractivity contribution in [2.45, 2.75) is 19.8 Å². The van der Waals surface area contributed by atoms with Gasteiger partial charge in [-0.1, -0.05) is 0 Å². The van der Waals surface area contributed by atoms with Gasteiger partial charge in [-0.15, -0.1) is 0 Å². The van der Waals surface area contributed by atoms with Gasteiger partial charge in [0.15, 0.2) is 0 Å². The number of aryl methyl sites for hydroxylation is 1. The van der Waals surface area contributed by atoms with Crippen molar-refractivity contribution in [2.75, 3.05) is 11.9 Å². The van der Waals surface area contributed by atoms with Gasteiger partial charge in [-0.2, -0.15) is 14.6 Å². The largest absolute Gasteiger partial charge is 0.481 e. The highest BCUT2D eigenvalue weighted by Gasteiger charge is 2.50. The fraction of sp³-hybridized carbons (Fsp3) is 0.455. The maximum Gasteiger partial charge on any atom is 0.311 e. The van der Waals surface area contributed by atoms with Crippen LogP contribution in [0.1, 0.15) is 18.5 Å². The fourth-order valence-electron chi connectivity index (χ4n) is 1.93. The Morgan fingerprint density at radius 1 is 1.61 bits per heavy atom. The first kappa shape index (κ1) is 10.9. The van der Waals surface area contributed by atoms with Gasteiger partial charge in [0.05, 0.1) is 5.41 Å². The number of aliphatic carboxylic acids is 1. The Balaban J connectivity index is 1.86. The number of hydrogen-bond donors (Lipinski definition) is 2. The van der Waals surface area contributed by atoms with Gasteiger partial charge >= 0.3 is 5.97 Å². The Kier molecular flexibility index (Phi) is 2.22. The second kappa shape index (κ2) is 3.66. The summed E-state index contributed by atoms with van der Waals surface area (Å²) in [5, 5.41) is 16.3. The molecule has 2 aromatic heterocycles. The van der Waals surface area contributed by atoms with Crippen LogP contribution in [0, 0.1) is 12.3 Å². The van der Waals surface area contributed by atoms with Crippen molar-refractivity contribution in [3.63, 3.8) is 0 Å². The molecule has 18 heavy (non-hydrogen) atoms. The first-order chi connectivity index (χ1) is 8.61. The van der Waals surface area contributed by atoms with E-state index in [0.717, 1.165) is 24.4 Å². The minimum absolute atomic E-state index is 0.404. The first-order valence-electron chi connectivity index (χ1n) is 5.75. The SMILES string of the molecule is Cc1cc(NCC2(C(=O)O)CC2)n2ncnc2n1. The second-order valence-electron chi connectivity index (χ2n) is 4.69. The minimum Gasteiger partial charge on any atom is -0.481 e. The average Bonchev–Trinajstić information content (AvgIpc) is 2.98. The summed E-state index contributed by atoms with van der Waals surface area (Å²) in [5.41, 5.74) is 0.211. The molecule has 0 bridgehead atoms. The minimum atomic E-state index is -0.740. The number of carbonyl (C=O) groups is 1. The molecule has 0 spiro atoms. The molecule has 2 heterocycles. The first-order valence-corrected chi connectivity index (χ1v) is 5.75. The van der Waals surface area contributed by atoms with Crippen LogP contribution in [0.5, 0.6) is 0 Å². The fourth-order valence-corrected chi connectivity index (χ4v) is 1.93. The zero-order chi connectivity index (χ0) is 12.8. The van der Waals surface area contributed by atoms with Crippen molar-refractivity contribution in [3.8, 4) is 0 Å². The average molecular weight is 247 g/mol. The predicted octanol–water partition coefficient (Wildman–Crippen LogP) is 0.709. The lowest BCUT2D eigenvalue weighted by Gasteiger charge is -2.13. The van der Waals surface area contributed by atoms with E-state index in [1.54, 1.807) is 4.52 Å². The third kappa shape index (κ3) is 1.68.